The van der Waals surface area contributed by atoms with Crippen LogP contribution >= 0.6 is 11.3 Å². The molecule has 0 aliphatic carbocycles. The van der Waals surface area contributed by atoms with E-state index in [4.69, 9.17) is 9.47 Å². The average Bonchev–Trinajstić information content (AvgIpc) is 3.41. The average molecular weight is 385 g/mol. The largest absolute Gasteiger partial charge is 0.486 e. The number of amides is 1. The van der Waals surface area contributed by atoms with Crippen LogP contribution in [0.2, 0.25) is 0 Å². The van der Waals surface area contributed by atoms with Gasteiger partial charge in [0, 0.05) is 17.5 Å². The van der Waals surface area contributed by atoms with Crippen LogP contribution in [0.3, 0.4) is 0 Å². The van der Waals surface area contributed by atoms with Gasteiger partial charge in [-0.05, 0) is 61.1 Å². The second-order valence-corrected chi connectivity index (χ2v) is 7.74. The molecule has 6 heteroatoms. The third kappa shape index (κ3) is 4.51. The monoisotopic (exact) mass is 384 g/mol. The number of benzene rings is 1. The Morgan fingerprint density at radius 2 is 2.00 bits per heavy atom. The maximum Gasteiger partial charge on any atom is 0.244 e. The van der Waals surface area contributed by atoms with Gasteiger partial charge >= 0.3 is 0 Å². The molecule has 27 heavy (non-hydrogen) atoms. The van der Waals surface area contributed by atoms with E-state index in [1.165, 1.54) is 17.7 Å². The fraction of sp³-hybridized carbons (Fsp3) is 0.381. The van der Waals surface area contributed by atoms with Gasteiger partial charge < -0.3 is 14.8 Å². The van der Waals surface area contributed by atoms with Crippen molar-refractivity contribution in [2.75, 3.05) is 32.8 Å². The fourth-order valence-electron chi connectivity index (χ4n) is 3.54. The summed E-state index contributed by atoms with van der Waals surface area (Å²) in [5.41, 5.74) is 0.920. The maximum absolute atomic E-state index is 12.3. The van der Waals surface area contributed by atoms with Crippen LogP contribution in [0, 0.1) is 0 Å². The predicted molar refractivity (Wildman–Crippen MR) is 107 cm³/mol. The van der Waals surface area contributed by atoms with Crippen LogP contribution in [0.25, 0.3) is 6.08 Å². The molecule has 142 valence electrons. The maximum atomic E-state index is 12.3. The second kappa shape index (κ2) is 8.59. The van der Waals surface area contributed by atoms with Crippen molar-refractivity contribution >= 4 is 23.3 Å². The molecule has 1 saturated heterocycles. The molecule has 1 unspecified atom stereocenters. The molecule has 0 radical (unpaired) electrons. The summed E-state index contributed by atoms with van der Waals surface area (Å²) >= 11 is 1.76. The van der Waals surface area contributed by atoms with E-state index in [1.54, 1.807) is 17.4 Å². The summed E-state index contributed by atoms with van der Waals surface area (Å²) in [5, 5.41) is 5.16. The summed E-state index contributed by atoms with van der Waals surface area (Å²) in [7, 11) is 0. The third-order valence-electron chi connectivity index (χ3n) is 4.92. The lowest BCUT2D eigenvalue weighted by atomic mass is 10.1. The van der Waals surface area contributed by atoms with Gasteiger partial charge in [-0.25, -0.2) is 0 Å². The number of hydrogen-bond acceptors (Lipinski definition) is 5. The highest BCUT2D eigenvalue weighted by Gasteiger charge is 2.24. The quantitative estimate of drug-likeness (QED) is 0.775. The van der Waals surface area contributed by atoms with E-state index < -0.39 is 0 Å². The Morgan fingerprint density at radius 3 is 2.78 bits per heavy atom. The number of carbonyl (C=O) groups is 1. The van der Waals surface area contributed by atoms with E-state index in [2.05, 4.69) is 27.7 Å². The van der Waals surface area contributed by atoms with Gasteiger partial charge in [0.2, 0.25) is 5.91 Å². The molecule has 1 fully saturated rings. The summed E-state index contributed by atoms with van der Waals surface area (Å²) in [5.74, 6) is 1.41. The summed E-state index contributed by atoms with van der Waals surface area (Å²) in [4.78, 5) is 16.1. The molecule has 4 rings (SSSR count). The van der Waals surface area contributed by atoms with Crippen LogP contribution in [-0.2, 0) is 4.79 Å². The van der Waals surface area contributed by atoms with E-state index >= 15 is 0 Å². The molecule has 1 aromatic heterocycles. The van der Waals surface area contributed by atoms with Gasteiger partial charge in [0.25, 0.3) is 0 Å². The van der Waals surface area contributed by atoms with Crippen LogP contribution in [0.4, 0.5) is 0 Å². The summed E-state index contributed by atoms with van der Waals surface area (Å²) < 4.78 is 11.1. The normalized spacial score (nSPS) is 17.9. The highest BCUT2D eigenvalue weighted by Crippen LogP contribution is 2.31. The Balaban J connectivity index is 1.36. The molecule has 1 amide bonds. The zero-order valence-electron chi connectivity index (χ0n) is 15.2. The molecule has 1 N–H and O–H groups in total. The Kier molecular flexibility index (Phi) is 5.75. The summed E-state index contributed by atoms with van der Waals surface area (Å²) in [6.45, 7) is 3.97. The van der Waals surface area contributed by atoms with Crippen LogP contribution in [0.5, 0.6) is 11.5 Å². The standard InChI is InChI=1S/C21H24N2O3S/c24-21(8-6-16-5-7-18-19(14-16)26-12-11-25-18)22-15-17(20-4-3-13-27-20)23-9-1-2-10-23/h3-8,13-14,17H,1-2,9-12,15H2,(H,22,24)/b8-6+. The first-order valence-electron chi connectivity index (χ1n) is 9.42. The van der Waals surface area contributed by atoms with E-state index in [0.717, 1.165) is 30.2 Å². The van der Waals surface area contributed by atoms with Gasteiger partial charge in [-0.2, -0.15) is 0 Å². The Labute approximate surface area is 163 Å². The Bertz CT molecular complexity index is 798. The lowest BCUT2D eigenvalue weighted by Gasteiger charge is -2.26. The van der Waals surface area contributed by atoms with Gasteiger partial charge in [0.1, 0.15) is 13.2 Å². The molecule has 1 aromatic carbocycles. The van der Waals surface area contributed by atoms with Crippen LogP contribution in [0.15, 0.2) is 41.8 Å². The van der Waals surface area contributed by atoms with Crippen molar-refractivity contribution < 1.29 is 14.3 Å². The smallest absolute Gasteiger partial charge is 0.244 e. The van der Waals surface area contributed by atoms with E-state index in [9.17, 15) is 4.79 Å². The number of likely N-dealkylation sites (tertiary alicyclic amines) is 1. The lowest BCUT2D eigenvalue weighted by molar-refractivity contribution is -0.116. The van der Waals surface area contributed by atoms with E-state index in [-0.39, 0.29) is 11.9 Å². The lowest BCUT2D eigenvalue weighted by Crippen LogP contribution is -2.35. The van der Waals surface area contributed by atoms with Crippen molar-refractivity contribution in [2.45, 2.75) is 18.9 Å². The first-order valence-corrected chi connectivity index (χ1v) is 10.3. The second-order valence-electron chi connectivity index (χ2n) is 6.76. The van der Waals surface area contributed by atoms with Crippen molar-refractivity contribution in [2.24, 2.45) is 0 Å². The van der Waals surface area contributed by atoms with Gasteiger partial charge in [-0.3, -0.25) is 9.69 Å². The molecule has 0 spiro atoms. The van der Waals surface area contributed by atoms with Crippen molar-refractivity contribution in [3.8, 4) is 11.5 Å². The number of nitrogens with one attached hydrogen (secondary N) is 1. The first kappa shape index (κ1) is 18.1. The molecule has 5 nitrogen and oxygen atoms in total. The molecule has 0 saturated carbocycles. The summed E-state index contributed by atoms with van der Waals surface area (Å²) in [6.07, 6.45) is 5.87. The van der Waals surface area contributed by atoms with Crippen molar-refractivity contribution in [3.63, 3.8) is 0 Å². The van der Waals surface area contributed by atoms with Crippen LogP contribution < -0.4 is 14.8 Å². The zero-order valence-corrected chi connectivity index (χ0v) is 16.0. The number of fused-ring (bicyclic) bond motifs is 1. The number of rotatable bonds is 6. The van der Waals surface area contributed by atoms with Gasteiger partial charge in [0.15, 0.2) is 11.5 Å². The minimum absolute atomic E-state index is 0.0781. The van der Waals surface area contributed by atoms with Gasteiger partial charge in [0.05, 0.1) is 6.04 Å². The molecule has 3 heterocycles. The Morgan fingerprint density at radius 1 is 1.19 bits per heavy atom. The number of nitrogens with zero attached hydrogens (tertiary/aromatic N) is 1. The fourth-order valence-corrected chi connectivity index (χ4v) is 4.40. The predicted octanol–water partition coefficient (Wildman–Crippen LogP) is 3.49. The molecule has 2 aliphatic heterocycles. The van der Waals surface area contributed by atoms with Crippen LogP contribution in [-0.4, -0.2) is 43.7 Å². The van der Waals surface area contributed by atoms with Crippen molar-refractivity contribution in [3.05, 3.63) is 52.2 Å². The van der Waals surface area contributed by atoms with Crippen molar-refractivity contribution in [1.82, 2.24) is 10.2 Å². The van der Waals surface area contributed by atoms with Crippen LogP contribution in [0.1, 0.15) is 29.3 Å². The molecular weight excluding hydrogens is 360 g/mol. The van der Waals surface area contributed by atoms with E-state index in [0.29, 0.717) is 19.8 Å². The molecule has 2 aromatic rings. The first-order chi connectivity index (χ1) is 13.3. The van der Waals surface area contributed by atoms with E-state index in [1.807, 2.05) is 24.3 Å². The third-order valence-corrected chi connectivity index (χ3v) is 5.89. The van der Waals surface area contributed by atoms with Gasteiger partial charge in [-0.1, -0.05) is 12.1 Å². The number of carbonyl (C=O) groups excluding carboxylic acids is 1. The Hall–Kier alpha value is -2.31. The minimum atomic E-state index is -0.0781. The topological polar surface area (TPSA) is 50.8 Å². The van der Waals surface area contributed by atoms with Crippen molar-refractivity contribution in [1.29, 1.82) is 0 Å². The highest BCUT2D eigenvalue weighted by atomic mass is 32.1. The molecule has 2 aliphatic rings. The zero-order chi connectivity index (χ0) is 18.5. The molecule has 1 atom stereocenters. The van der Waals surface area contributed by atoms with Gasteiger partial charge in [-0.15, -0.1) is 11.3 Å². The highest BCUT2D eigenvalue weighted by molar-refractivity contribution is 7.10. The number of hydrogen-bond donors (Lipinski definition) is 1. The SMILES string of the molecule is O=C(/C=C/c1ccc2c(c1)OCCO2)NCC(c1cccs1)N1CCCC1. The number of ether oxygens (including phenoxy) is 2. The number of thiophene rings is 1. The molecule has 0 bridgehead atoms. The summed E-state index contributed by atoms with van der Waals surface area (Å²) in [6, 6.07) is 10.2. The molecular formula is C21H24N2O3S. The minimum Gasteiger partial charge on any atom is -0.486 e.